The van der Waals surface area contributed by atoms with Crippen LogP contribution in [0.1, 0.15) is 24.4 Å². The second-order valence-corrected chi connectivity index (χ2v) is 5.96. The summed E-state index contributed by atoms with van der Waals surface area (Å²) in [5, 5.41) is 0. The lowest BCUT2D eigenvalue weighted by atomic mass is 9.95. The van der Waals surface area contributed by atoms with Gasteiger partial charge in [0.25, 0.3) is 0 Å². The van der Waals surface area contributed by atoms with E-state index in [0.717, 1.165) is 19.6 Å². The second kappa shape index (κ2) is 7.16. The van der Waals surface area contributed by atoms with Gasteiger partial charge in [-0.25, -0.2) is 4.39 Å². The highest BCUT2D eigenvalue weighted by Gasteiger charge is 2.23. The molecule has 1 saturated heterocycles. The minimum absolute atomic E-state index is 0.0316. The molecule has 1 unspecified atom stereocenters. The average Bonchev–Trinajstić information content (AvgIpc) is 2.44. The normalized spacial score (nSPS) is 19.4. The Morgan fingerprint density at radius 2 is 2.00 bits per heavy atom. The van der Waals surface area contributed by atoms with Crippen molar-refractivity contribution in [3.8, 4) is 0 Å². The van der Waals surface area contributed by atoms with Crippen molar-refractivity contribution >= 4 is 0 Å². The molecular weight excluding hydrogens is 253 g/mol. The van der Waals surface area contributed by atoms with Gasteiger partial charge in [0.1, 0.15) is 5.82 Å². The fourth-order valence-electron chi connectivity index (χ4n) is 3.07. The van der Waals surface area contributed by atoms with Crippen molar-refractivity contribution in [2.45, 2.75) is 18.9 Å². The highest BCUT2D eigenvalue weighted by atomic mass is 19.1. The molecule has 1 aliphatic heterocycles. The van der Waals surface area contributed by atoms with E-state index in [4.69, 9.17) is 5.73 Å². The molecule has 0 aromatic heterocycles. The van der Waals surface area contributed by atoms with Gasteiger partial charge in [-0.05, 0) is 52.0 Å². The zero-order chi connectivity index (χ0) is 14.5. The summed E-state index contributed by atoms with van der Waals surface area (Å²) in [4.78, 5) is 4.59. The molecule has 1 aromatic rings. The van der Waals surface area contributed by atoms with Gasteiger partial charge in [-0.1, -0.05) is 18.2 Å². The molecule has 0 radical (unpaired) electrons. The number of benzene rings is 1. The van der Waals surface area contributed by atoms with Gasteiger partial charge in [0.15, 0.2) is 0 Å². The summed E-state index contributed by atoms with van der Waals surface area (Å²) in [6.07, 6.45) is 2.44. The molecular formula is C16H26FN3. The SMILES string of the molecule is CN1CCC(CN(C)C(CN)c2ccccc2F)CC1. The fourth-order valence-corrected chi connectivity index (χ4v) is 3.07. The lowest BCUT2D eigenvalue weighted by Crippen LogP contribution is -2.39. The van der Waals surface area contributed by atoms with E-state index in [2.05, 4.69) is 23.9 Å². The first kappa shape index (κ1) is 15.4. The minimum Gasteiger partial charge on any atom is -0.329 e. The third kappa shape index (κ3) is 3.78. The molecule has 1 fully saturated rings. The van der Waals surface area contributed by atoms with Crippen molar-refractivity contribution < 1.29 is 4.39 Å². The van der Waals surface area contributed by atoms with E-state index >= 15 is 0 Å². The number of nitrogens with zero attached hydrogens (tertiary/aromatic N) is 2. The van der Waals surface area contributed by atoms with Gasteiger partial charge in [-0.15, -0.1) is 0 Å². The number of rotatable bonds is 5. The summed E-state index contributed by atoms with van der Waals surface area (Å²) in [5.41, 5.74) is 6.60. The van der Waals surface area contributed by atoms with Gasteiger partial charge in [-0.2, -0.15) is 0 Å². The van der Waals surface area contributed by atoms with Gasteiger partial charge in [0, 0.05) is 24.7 Å². The smallest absolute Gasteiger partial charge is 0.128 e. The summed E-state index contributed by atoms with van der Waals surface area (Å²) >= 11 is 0. The largest absolute Gasteiger partial charge is 0.329 e. The van der Waals surface area contributed by atoms with E-state index in [1.807, 2.05) is 12.1 Å². The second-order valence-electron chi connectivity index (χ2n) is 5.96. The minimum atomic E-state index is -0.154. The first-order valence-corrected chi connectivity index (χ1v) is 7.45. The molecule has 2 rings (SSSR count). The molecule has 0 aliphatic carbocycles. The summed E-state index contributed by atoms with van der Waals surface area (Å²) in [6, 6.07) is 6.93. The van der Waals surface area contributed by atoms with E-state index in [9.17, 15) is 4.39 Å². The highest BCUT2D eigenvalue weighted by Crippen LogP contribution is 2.24. The zero-order valence-electron chi connectivity index (χ0n) is 12.6. The Kier molecular flexibility index (Phi) is 5.52. The van der Waals surface area contributed by atoms with Crippen molar-refractivity contribution in [2.75, 3.05) is 40.3 Å². The van der Waals surface area contributed by atoms with E-state index in [1.54, 1.807) is 6.07 Å². The maximum absolute atomic E-state index is 13.9. The maximum Gasteiger partial charge on any atom is 0.128 e. The zero-order valence-corrected chi connectivity index (χ0v) is 12.6. The van der Waals surface area contributed by atoms with Crippen LogP contribution in [0.5, 0.6) is 0 Å². The van der Waals surface area contributed by atoms with E-state index in [-0.39, 0.29) is 11.9 Å². The van der Waals surface area contributed by atoms with Crippen molar-refractivity contribution in [3.05, 3.63) is 35.6 Å². The van der Waals surface area contributed by atoms with Crippen molar-refractivity contribution in [1.82, 2.24) is 9.80 Å². The molecule has 1 atom stereocenters. The monoisotopic (exact) mass is 279 g/mol. The lowest BCUT2D eigenvalue weighted by molar-refractivity contribution is 0.150. The van der Waals surface area contributed by atoms with Crippen LogP contribution >= 0.6 is 0 Å². The summed E-state index contributed by atoms with van der Waals surface area (Å²) < 4.78 is 13.9. The van der Waals surface area contributed by atoms with E-state index in [0.29, 0.717) is 18.0 Å². The Hall–Kier alpha value is -0.970. The van der Waals surface area contributed by atoms with Crippen molar-refractivity contribution in [2.24, 2.45) is 11.7 Å². The van der Waals surface area contributed by atoms with Gasteiger partial charge >= 0.3 is 0 Å². The molecule has 4 heteroatoms. The molecule has 1 aliphatic rings. The third-order valence-electron chi connectivity index (χ3n) is 4.40. The molecule has 1 aromatic carbocycles. The van der Waals surface area contributed by atoms with E-state index in [1.165, 1.54) is 18.9 Å². The first-order valence-electron chi connectivity index (χ1n) is 7.45. The first-order chi connectivity index (χ1) is 9.61. The Bertz CT molecular complexity index is 416. The van der Waals surface area contributed by atoms with Crippen LogP contribution in [0.15, 0.2) is 24.3 Å². The summed E-state index contributed by atoms with van der Waals surface area (Å²) in [6.45, 7) is 3.76. The van der Waals surface area contributed by atoms with Crippen LogP contribution in [0, 0.1) is 11.7 Å². The number of halogens is 1. The Morgan fingerprint density at radius 3 is 2.60 bits per heavy atom. The van der Waals surface area contributed by atoms with Crippen LogP contribution in [-0.4, -0.2) is 50.1 Å². The number of piperidine rings is 1. The molecule has 3 nitrogen and oxygen atoms in total. The molecule has 0 saturated carbocycles. The number of nitrogens with two attached hydrogens (primary N) is 1. The Balaban J connectivity index is 1.99. The van der Waals surface area contributed by atoms with Crippen molar-refractivity contribution in [1.29, 1.82) is 0 Å². The van der Waals surface area contributed by atoms with Crippen LogP contribution in [0.2, 0.25) is 0 Å². The predicted molar refractivity (Wildman–Crippen MR) is 81.0 cm³/mol. The van der Waals surface area contributed by atoms with Crippen LogP contribution < -0.4 is 5.73 Å². The van der Waals surface area contributed by atoms with E-state index < -0.39 is 0 Å². The Morgan fingerprint density at radius 1 is 1.35 bits per heavy atom. The molecule has 2 N–H and O–H groups in total. The molecule has 20 heavy (non-hydrogen) atoms. The maximum atomic E-state index is 13.9. The highest BCUT2D eigenvalue weighted by molar-refractivity contribution is 5.21. The number of hydrogen-bond acceptors (Lipinski definition) is 3. The number of likely N-dealkylation sites (tertiary alicyclic amines) is 1. The van der Waals surface area contributed by atoms with Crippen LogP contribution in [0.4, 0.5) is 4.39 Å². The number of likely N-dealkylation sites (N-methyl/N-ethyl adjacent to an activating group) is 1. The predicted octanol–water partition coefficient (Wildman–Crippen LogP) is 2.10. The summed E-state index contributed by atoms with van der Waals surface area (Å²) in [5.74, 6) is 0.537. The Labute approximate surface area is 121 Å². The van der Waals surface area contributed by atoms with Gasteiger partial charge in [0.2, 0.25) is 0 Å². The van der Waals surface area contributed by atoms with Gasteiger partial charge in [0.05, 0.1) is 0 Å². The van der Waals surface area contributed by atoms with Gasteiger partial charge < -0.3 is 10.6 Å². The lowest BCUT2D eigenvalue weighted by Gasteiger charge is -2.35. The molecule has 1 heterocycles. The molecule has 112 valence electrons. The average molecular weight is 279 g/mol. The van der Waals surface area contributed by atoms with Crippen molar-refractivity contribution in [3.63, 3.8) is 0 Å². The number of hydrogen-bond donors (Lipinski definition) is 1. The quantitative estimate of drug-likeness (QED) is 0.896. The fraction of sp³-hybridized carbons (Fsp3) is 0.625. The summed E-state index contributed by atoms with van der Waals surface area (Å²) in [7, 11) is 4.23. The molecule has 0 spiro atoms. The third-order valence-corrected chi connectivity index (χ3v) is 4.40. The standard InChI is InChI=1S/C16H26FN3/c1-19-9-7-13(8-10-19)12-20(2)16(11-18)14-5-3-4-6-15(14)17/h3-6,13,16H,7-12,18H2,1-2H3. The molecule has 0 amide bonds. The topological polar surface area (TPSA) is 32.5 Å². The van der Waals surface area contributed by atoms with Crippen LogP contribution in [0.3, 0.4) is 0 Å². The van der Waals surface area contributed by atoms with Gasteiger partial charge in [-0.3, -0.25) is 4.90 Å². The van der Waals surface area contributed by atoms with Crippen LogP contribution in [-0.2, 0) is 0 Å². The molecule has 0 bridgehead atoms. The van der Waals surface area contributed by atoms with Crippen LogP contribution in [0.25, 0.3) is 0 Å².